The maximum absolute atomic E-state index is 12.1. The number of carbonyl (C=O) groups excluding carboxylic acids is 1. The standard InChI is InChI=1S/C14H21N3O/c1-15-13-9-8-11(10-16-13)14(18)17-12-6-4-2-3-5-7-12/h8-10,12H,2-7H2,1H3,(H,15,16)(H,17,18). The van der Waals surface area contributed by atoms with Crippen molar-refractivity contribution in [2.45, 2.75) is 44.6 Å². The van der Waals surface area contributed by atoms with Gasteiger partial charge < -0.3 is 10.6 Å². The summed E-state index contributed by atoms with van der Waals surface area (Å²) in [6, 6.07) is 3.97. The van der Waals surface area contributed by atoms with E-state index in [1.165, 1.54) is 25.7 Å². The molecule has 0 aliphatic heterocycles. The Morgan fingerprint density at radius 3 is 2.50 bits per heavy atom. The van der Waals surface area contributed by atoms with Crippen LogP contribution in [0.2, 0.25) is 0 Å². The van der Waals surface area contributed by atoms with Crippen LogP contribution in [0.5, 0.6) is 0 Å². The number of rotatable bonds is 3. The lowest BCUT2D eigenvalue weighted by molar-refractivity contribution is 0.0933. The fourth-order valence-corrected chi connectivity index (χ4v) is 2.37. The van der Waals surface area contributed by atoms with E-state index in [-0.39, 0.29) is 5.91 Å². The monoisotopic (exact) mass is 247 g/mol. The SMILES string of the molecule is CNc1ccc(C(=O)NC2CCCCCC2)cn1. The van der Waals surface area contributed by atoms with Crippen molar-refractivity contribution in [1.29, 1.82) is 0 Å². The molecule has 4 heteroatoms. The molecule has 2 N–H and O–H groups in total. The van der Waals surface area contributed by atoms with E-state index in [4.69, 9.17) is 0 Å². The molecule has 1 aromatic rings. The van der Waals surface area contributed by atoms with Crippen LogP contribution >= 0.6 is 0 Å². The van der Waals surface area contributed by atoms with Crippen molar-refractivity contribution in [3.05, 3.63) is 23.9 Å². The third kappa shape index (κ3) is 3.45. The van der Waals surface area contributed by atoms with Gasteiger partial charge in [0, 0.05) is 19.3 Å². The van der Waals surface area contributed by atoms with E-state index in [0.29, 0.717) is 11.6 Å². The highest BCUT2D eigenvalue weighted by Crippen LogP contribution is 2.17. The Bertz CT molecular complexity index is 381. The van der Waals surface area contributed by atoms with Gasteiger partial charge >= 0.3 is 0 Å². The predicted octanol–water partition coefficient (Wildman–Crippen LogP) is 2.58. The van der Waals surface area contributed by atoms with Crippen molar-refractivity contribution in [2.75, 3.05) is 12.4 Å². The highest BCUT2D eigenvalue weighted by molar-refractivity contribution is 5.94. The molecule has 2 rings (SSSR count). The molecule has 0 bridgehead atoms. The van der Waals surface area contributed by atoms with Gasteiger partial charge in [0.15, 0.2) is 0 Å². The number of hydrogen-bond acceptors (Lipinski definition) is 3. The van der Waals surface area contributed by atoms with E-state index in [1.807, 2.05) is 19.2 Å². The van der Waals surface area contributed by atoms with E-state index >= 15 is 0 Å². The topological polar surface area (TPSA) is 54.0 Å². The van der Waals surface area contributed by atoms with Crippen molar-refractivity contribution in [1.82, 2.24) is 10.3 Å². The Hall–Kier alpha value is -1.58. The zero-order valence-electron chi connectivity index (χ0n) is 10.9. The zero-order valence-corrected chi connectivity index (χ0v) is 10.9. The predicted molar refractivity (Wildman–Crippen MR) is 72.7 cm³/mol. The number of pyridine rings is 1. The molecular weight excluding hydrogens is 226 g/mol. The van der Waals surface area contributed by atoms with Gasteiger partial charge in [-0.15, -0.1) is 0 Å². The molecule has 4 nitrogen and oxygen atoms in total. The Balaban J connectivity index is 1.93. The van der Waals surface area contributed by atoms with Gasteiger partial charge in [-0.25, -0.2) is 4.98 Å². The fraction of sp³-hybridized carbons (Fsp3) is 0.571. The molecule has 98 valence electrons. The Kier molecular flexibility index (Phi) is 4.56. The molecule has 1 aliphatic carbocycles. The van der Waals surface area contributed by atoms with Crippen LogP contribution in [-0.2, 0) is 0 Å². The zero-order chi connectivity index (χ0) is 12.8. The first-order chi connectivity index (χ1) is 8.79. The minimum absolute atomic E-state index is 0.00273. The third-order valence-corrected chi connectivity index (χ3v) is 3.47. The summed E-state index contributed by atoms with van der Waals surface area (Å²) in [4.78, 5) is 16.2. The van der Waals surface area contributed by atoms with Gasteiger partial charge in [-0.2, -0.15) is 0 Å². The summed E-state index contributed by atoms with van der Waals surface area (Å²) in [6.07, 6.45) is 8.87. The van der Waals surface area contributed by atoms with Gasteiger partial charge in [0.25, 0.3) is 5.91 Å². The van der Waals surface area contributed by atoms with E-state index in [0.717, 1.165) is 18.7 Å². The molecule has 1 heterocycles. The fourth-order valence-electron chi connectivity index (χ4n) is 2.37. The van der Waals surface area contributed by atoms with Crippen LogP contribution in [0.25, 0.3) is 0 Å². The van der Waals surface area contributed by atoms with E-state index in [9.17, 15) is 4.79 Å². The summed E-state index contributed by atoms with van der Waals surface area (Å²) < 4.78 is 0. The molecule has 1 amide bonds. The van der Waals surface area contributed by atoms with Crippen molar-refractivity contribution in [3.8, 4) is 0 Å². The molecule has 0 radical (unpaired) electrons. The molecule has 1 saturated carbocycles. The number of nitrogens with zero attached hydrogens (tertiary/aromatic N) is 1. The largest absolute Gasteiger partial charge is 0.373 e. The lowest BCUT2D eigenvalue weighted by Gasteiger charge is -2.16. The molecule has 0 atom stereocenters. The van der Waals surface area contributed by atoms with E-state index < -0.39 is 0 Å². The number of amides is 1. The smallest absolute Gasteiger partial charge is 0.253 e. The van der Waals surface area contributed by atoms with Crippen LogP contribution < -0.4 is 10.6 Å². The van der Waals surface area contributed by atoms with E-state index in [1.54, 1.807) is 6.20 Å². The Morgan fingerprint density at radius 1 is 1.22 bits per heavy atom. The van der Waals surface area contributed by atoms with Gasteiger partial charge in [0.05, 0.1) is 5.56 Å². The number of nitrogens with one attached hydrogen (secondary N) is 2. The molecule has 0 saturated heterocycles. The summed E-state index contributed by atoms with van der Waals surface area (Å²) in [5.74, 6) is 0.776. The number of carbonyl (C=O) groups is 1. The maximum Gasteiger partial charge on any atom is 0.253 e. The third-order valence-electron chi connectivity index (χ3n) is 3.47. The normalized spacial score (nSPS) is 16.9. The molecular formula is C14H21N3O. The Labute approximate surface area is 108 Å². The van der Waals surface area contributed by atoms with Crippen molar-refractivity contribution < 1.29 is 4.79 Å². The minimum atomic E-state index is -0.00273. The molecule has 0 spiro atoms. The van der Waals surface area contributed by atoms with Gasteiger partial charge in [-0.1, -0.05) is 25.7 Å². The molecule has 0 aromatic carbocycles. The van der Waals surface area contributed by atoms with Crippen LogP contribution in [0.15, 0.2) is 18.3 Å². The van der Waals surface area contributed by atoms with Gasteiger partial charge in [0.1, 0.15) is 5.82 Å². The maximum atomic E-state index is 12.1. The second kappa shape index (κ2) is 6.38. The molecule has 1 fully saturated rings. The minimum Gasteiger partial charge on any atom is -0.373 e. The van der Waals surface area contributed by atoms with Crippen LogP contribution in [0.1, 0.15) is 48.9 Å². The summed E-state index contributed by atoms with van der Waals surface area (Å²) in [6.45, 7) is 0. The molecule has 18 heavy (non-hydrogen) atoms. The second-order valence-corrected chi connectivity index (χ2v) is 4.84. The van der Waals surface area contributed by atoms with Crippen molar-refractivity contribution in [2.24, 2.45) is 0 Å². The van der Waals surface area contributed by atoms with Crippen LogP contribution in [0.3, 0.4) is 0 Å². The van der Waals surface area contributed by atoms with Crippen LogP contribution in [-0.4, -0.2) is 24.0 Å². The second-order valence-electron chi connectivity index (χ2n) is 4.84. The van der Waals surface area contributed by atoms with Gasteiger partial charge in [-0.05, 0) is 25.0 Å². The van der Waals surface area contributed by atoms with Gasteiger partial charge in [-0.3, -0.25) is 4.79 Å². The number of anilines is 1. The molecule has 1 aromatic heterocycles. The molecule has 1 aliphatic rings. The van der Waals surface area contributed by atoms with Gasteiger partial charge in [0.2, 0.25) is 0 Å². The number of hydrogen-bond donors (Lipinski definition) is 2. The summed E-state index contributed by atoms with van der Waals surface area (Å²) in [5, 5.41) is 6.05. The van der Waals surface area contributed by atoms with Crippen LogP contribution in [0.4, 0.5) is 5.82 Å². The highest BCUT2D eigenvalue weighted by atomic mass is 16.1. The lowest BCUT2D eigenvalue weighted by Crippen LogP contribution is -2.34. The first-order valence-corrected chi connectivity index (χ1v) is 6.74. The summed E-state index contributed by atoms with van der Waals surface area (Å²) >= 11 is 0. The Morgan fingerprint density at radius 2 is 1.94 bits per heavy atom. The lowest BCUT2D eigenvalue weighted by atomic mass is 10.1. The first kappa shape index (κ1) is 12.9. The van der Waals surface area contributed by atoms with Crippen molar-refractivity contribution >= 4 is 11.7 Å². The quantitative estimate of drug-likeness (QED) is 0.807. The average molecular weight is 247 g/mol. The average Bonchev–Trinajstić information content (AvgIpc) is 2.67. The number of aromatic nitrogens is 1. The van der Waals surface area contributed by atoms with Crippen molar-refractivity contribution in [3.63, 3.8) is 0 Å². The first-order valence-electron chi connectivity index (χ1n) is 6.74. The summed E-state index contributed by atoms with van der Waals surface area (Å²) in [5.41, 5.74) is 0.637. The highest BCUT2D eigenvalue weighted by Gasteiger charge is 2.15. The van der Waals surface area contributed by atoms with E-state index in [2.05, 4.69) is 15.6 Å². The van der Waals surface area contributed by atoms with Crippen LogP contribution in [0, 0.1) is 0 Å². The summed E-state index contributed by atoms with van der Waals surface area (Å²) in [7, 11) is 1.81. The molecule has 0 unspecified atom stereocenters.